The molecule has 0 radical (unpaired) electrons. The van der Waals surface area contributed by atoms with E-state index in [0.29, 0.717) is 0 Å². The van der Waals surface area contributed by atoms with E-state index >= 15 is 0 Å². The molecule has 8 aromatic carbocycles. The van der Waals surface area contributed by atoms with Crippen molar-refractivity contribution in [3.63, 3.8) is 0 Å². The number of hydrogen-bond acceptors (Lipinski definition) is 0. The zero-order valence-electron chi connectivity index (χ0n) is 29.6. The third-order valence-corrected chi connectivity index (χ3v) is 17.0. The van der Waals surface area contributed by atoms with Crippen molar-refractivity contribution in [2.75, 3.05) is 0 Å². The van der Waals surface area contributed by atoms with Crippen LogP contribution in [-0.2, 0) is 31.1 Å². The summed E-state index contributed by atoms with van der Waals surface area (Å²) in [6, 6.07) is 56.1. The first kappa shape index (κ1) is 31.4. The molecule has 1 atom stereocenters. The smallest absolute Gasteiger partial charge is 0.00232 e. The lowest BCUT2D eigenvalue weighted by molar-refractivity contribution is 1.25. The highest BCUT2D eigenvalue weighted by Crippen LogP contribution is 2.56. The Kier molecular flexibility index (Phi) is 7.57. The second-order valence-corrected chi connectivity index (χ2v) is 19.2. The van der Waals surface area contributed by atoms with Gasteiger partial charge in [0.05, 0.1) is 0 Å². The van der Waals surface area contributed by atoms with Crippen LogP contribution in [0.5, 0.6) is 0 Å². The van der Waals surface area contributed by atoms with Crippen LogP contribution in [0.25, 0.3) is 60.6 Å². The summed E-state index contributed by atoms with van der Waals surface area (Å²) in [5, 5.41) is 11.3. The fourth-order valence-corrected chi connectivity index (χ4v) is 15.3. The molecule has 1 unspecified atom stereocenters. The Labute approximate surface area is 314 Å². The molecule has 0 amide bonds. The summed E-state index contributed by atoms with van der Waals surface area (Å²) in [5.74, 6) is 0. The van der Waals surface area contributed by atoms with Crippen LogP contribution in [-0.4, -0.2) is 0 Å². The van der Waals surface area contributed by atoms with Gasteiger partial charge in [-0.05, 0) is 130 Å². The topological polar surface area (TPSA) is 0 Å². The average Bonchev–Trinajstić information content (AvgIpc) is 3.63. The Morgan fingerprint density at radius 1 is 0.340 bits per heavy atom. The van der Waals surface area contributed by atoms with Gasteiger partial charge in [-0.15, -0.1) is 0 Å². The Bertz CT molecular complexity index is 2750. The van der Waals surface area contributed by atoms with E-state index in [2.05, 4.69) is 170 Å². The van der Waals surface area contributed by atoms with Crippen LogP contribution in [0.4, 0.5) is 0 Å². The lowest BCUT2D eigenvalue weighted by Crippen LogP contribution is -2.23. The molecule has 0 saturated heterocycles. The van der Waals surface area contributed by atoms with Crippen LogP contribution in [0.3, 0.4) is 0 Å². The molecule has 0 spiro atoms. The minimum Gasteiger partial charge on any atom is -0.0801 e. The molecule has 1 aliphatic carbocycles. The first-order valence-electron chi connectivity index (χ1n) is 18.9. The van der Waals surface area contributed by atoms with Crippen molar-refractivity contribution in [2.45, 2.75) is 31.1 Å². The van der Waals surface area contributed by atoms with E-state index in [1.54, 1.807) is 10.6 Å². The molecule has 0 N–H and O–H groups in total. The van der Waals surface area contributed by atoms with Gasteiger partial charge in [-0.1, -0.05) is 186 Å². The van der Waals surface area contributed by atoms with Crippen LogP contribution in [0, 0.1) is 0 Å². The fourth-order valence-electron chi connectivity index (χ4n) is 9.43. The molecule has 0 bridgehead atoms. The summed E-state index contributed by atoms with van der Waals surface area (Å²) in [6.45, 7) is 0. The van der Waals surface area contributed by atoms with Gasteiger partial charge in [0.2, 0.25) is 0 Å². The lowest BCUT2D eigenvalue weighted by Gasteiger charge is -2.26. The molecule has 0 nitrogen and oxygen atoms in total. The van der Waals surface area contributed by atoms with Crippen molar-refractivity contribution < 1.29 is 0 Å². The molecular formula is C51H38P2. The number of rotatable bonds is 2. The molecule has 53 heavy (non-hydrogen) atoms. The second kappa shape index (κ2) is 12.8. The molecule has 0 fully saturated rings. The number of fused-ring (bicyclic) bond motifs is 14. The van der Waals surface area contributed by atoms with Gasteiger partial charge in [0.1, 0.15) is 0 Å². The Morgan fingerprint density at radius 3 is 1.25 bits per heavy atom. The van der Waals surface area contributed by atoms with Crippen molar-refractivity contribution in [2.24, 2.45) is 0 Å². The van der Waals surface area contributed by atoms with E-state index in [9.17, 15) is 0 Å². The first-order chi connectivity index (χ1) is 26.3. The van der Waals surface area contributed by atoms with Gasteiger partial charge in [-0.2, -0.15) is 0 Å². The van der Waals surface area contributed by atoms with Crippen molar-refractivity contribution in [3.05, 3.63) is 197 Å². The van der Waals surface area contributed by atoms with E-state index in [1.165, 1.54) is 88.0 Å². The largest absolute Gasteiger partial charge is 0.0801 e. The van der Waals surface area contributed by atoms with Gasteiger partial charge < -0.3 is 0 Å². The monoisotopic (exact) mass is 712 g/mol. The van der Waals surface area contributed by atoms with Gasteiger partial charge in [-0.3, -0.25) is 0 Å². The summed E-state index contributed by atoms with van der Waals surface area (Å²) < 4.78 is 0. The van der Waals surface area contributed by atoms with Crippen LogP contribution in [0.1, 0.15) is 33.4 Å². The molecular weight excluding hydrogens is 675 g/mol. The van der Waals surface area contributed by atoms with Gasteiger partial charge in [-0.25, -0.2) is 0 Å². The molecule has 2 heterocycles. The van der Waals surface area contributed by atoms with E-state index in [1.807, 2.05) is 0 Å². The Morgan fingerprint density at radius 2 is 0.736 bits per heavy atom. The lowest BCUT2D eigenvalue weighted by atomic mass is 9.86. The number of hydrogen-bond donors (Lipinski definition) is 0. The third-order valence-electron chi connectivity index (χ3n) is 11.8. The molecule has 252 valence electrons. The molecule has 11 rings (SSSR count). The number of allylic oxidation sites excluding steroid dienone is 3. The van der Waals surface area contributed by atoms with Crippen molar-refractivity contribution >= 4 is 64.8 Å². The summed E-state index contributed by atoms with van der Waals surface area (Å²) in [4.78, 5) is 0. The number of benzene rings is 8. The highest BCUT2D eigenvalue weighted by molar-refractivity contribution is 7.70. The molecule has 2 aliphatic heterocycles. The van der Waals surface area contributed by atoms with Gasteiger partial charge in [0, 0.05) is 0 Å². The van der Waals surface area contributed by atoms with E-state index in [0.717, 1.165) is 31.1 Å². The minimum absolute atomic E-state index is 0.509. The molecule has 8 aromatic rings. The van der Waals surface area contributed by atoms with Crippen LogP contribution in [0.2, 0.25) is 0 Å². The van der Waals surface area contributed by atoms with Crippen molar-refractivity contribution in [1.29, 1.82) is 0 Å². The predicted molar refractivity (Wildman–Crippen MR) is 233 cm³/mol. The third kappa shape index (κ3) is 5.19. The van der Waals surface area contributed by atoms with Gasteiger partial charge in [0.25, 0.3) is 0 Å². The van der Waals surface area contributed by atoms with E-state index < -0.39 is 15.8 Å². The van der Waals surface area contributed by atoms with Crippen LogP contribution >= 0.6 is 15.8 Å². The van der Waals surface area contributed by atoms with Crippen molar-refractivity contribution in [1.82, 2.24) is 0 Å². The first-order valence-corrected chi connectivity index (χ1v) is 22.3. The summed E-state index contributed by atoms with van der Waals surface area (Å²) in [6.07, 6.45) is 14.5. The summed E-state index contributed by atoms with van der Waals surface area (Å²) in [5.41, 5.74) is 14.7. The fraction of sp³-hybridized carbons (Fsp3) is 0.0980. The summed E-state index contributed by atoms with van der Waals surface area (Å²) in [7, 11) is -1.02. The summed E-state index contributed by atoms with van der Waals surface area (Å²) >= 11 is 0. The average molecular weight is 713 g/mol. The van der Waals surface area contributed by atoms with Gasteiger partial charge in [0.15, 0.2) is 0 Å². The van der Waals surface area contributed by atoms with Crippen molar-refractivity contribution in [3.8, 4) is 22.3 Å². The maximum absolute atomic E-state index is 2.51. The molecule has 3 aliphatic rings. The zero-order valence-corrected chi connectivity index (χ0v) is 31.4. The van der Waals surface area contributed by atoms with Crippen LogP contribution in [0.15, 0.2) is 164 Å². The molecule has 0 aromatic heterocycles. The predicted octanol–water partition coefficient (Wildman–Crippen LogP) is 13.2. The highest BCUT2D eigenvalue weighted by atomic mass is 31.1. The second-order valence-electron chi connectivity index (χ2n) is 14.8. The quantitative estimate of drug-likeness (QED) is 0.157. The minimum atomic E-state index is -0.511. The molecule has 0 saturated carbocycles. The highest BCUT2D eigenvalue weighted by Gasteiger charge is 2.31. The maximum Gasteiger partial charge on any atom is -0.00232 e. The Balaban J connectivity index is 1.10. The van der Waals surface area contributed by atoms with Crippen LogP contribution < -0.4 is 10.6 Å². The molecule has 2 heteroatoms. The van der Waals surface area contributed by atoms with E-state index in [4.69, 9.17) is 0 Å². The van der Waals surface area contributed by atoms with Gasteiger partial charge >= 0.3 is 0 Å². The maximum atomic E-state index is 2.51. The van der Waals surface area contributed by atoms with E-state index in [-0.39, 0.29) is 0 Å². The SMILES string of the molecule is C1=CCc2ccc3c(c2C=C1)-c1c(ccc2ccccc12)CP(c1ccccc1P1Cc2ccc4ccccc4c2-c2c(ccc4ccccc24)C1)C3. The zero-order chi connectivity index (χ0) is 34.9. The standard InChI is InChI=1S/C51H38P2/c1-2-12-34-22-26-38-30-52(31-39-27-23-35-13-4-7-17-43(35)49(39)48(38)42(34)16-3-1)46-20-10-11-21-47(46)53-32-40-28-24-36-14-5-8-18-44(36)50(40)51-41(33-53)29-25-37-15-6-9-19-45(37)51/h1-11,13-29H,12,30-33H2. The Hall–Kier alpha value is -5.12. The normalized spacial score (nSPS) is 16.3.